The minimum absolute atomic E-state index is 0. The van der Waals surface area contributed by atoms with Crippen LogP contribution in [0.15, 0.2) is 24.3 Å². The summed E-state index contributed by atoms with van der Waals surface area (Å²) >= 11 is 5.63. The topological polar surface area (TPSA) is 43.8 Å². The summed E-state index contributed by atoms with van der Waals surface area (Å²) in [5, 5.41) is 3.23. The van der Waals surface area contributed by atoms with E-state index in [0.717, 1.165) is 16.8 Å². The van der Waals surface area contributed by atoms with Crippen LogP contribution in [0.25, 0.3) is 0 Å². The summed E-state index contributed by atoms with van der Waals surface area (Å²) in [7, 11) is 1.36. The van der Waals surface area contributed by atoms with Crippen molar-refractivity contribution in [2.45, 2.75) is 12.2 Å². The van der Waals surface area contributed by atoms with E-state index >= 15 is 0 Å². The van der Waals surface area contributed by atoms with Crippen LogP contribution in [0.4, 0.5) is 17.6 Å². The van der Waals surface area contributed by atoms with Gasteiger partial charge in [-0.3, -0.25) is 4.68 Å². The number of aromatic nitrogens is 2. The van der Waals surface area contributed by atoms with Crippen LogP contribution in [0.5, 0.6) is 0 Å². The van der Waals surface area contributed by atoms with Gasteiger partial charge in [-0.1, -0.05) is 17.7 Å². The van der Waals surface area contributed by atoms with Crippen LogP contribution in [0.2, 0.25) is 5.02 Å². The van der Waals surface area contributed by atoms with Crippen LogP contribution in [0, 0.1) is 5.82 Å². The van der Waals surface area contributed by atoms with Gasteiger partial charge in [-0.15, -0.1) is 12.4 Å². The lowest BCUT2D eigenvalue weighted by atomic mass is 10.0. The van der Waals surface area contributed by atoms with Crippen LogP contribution >= 0.6 is 24.0 Å². The first kappa shape index (κ1) is 17.7. The van der Waals surface area contributed by atoms with Crippen molar-refractivity contribution in [1.29, 1.82) is 0 Å². The fourth-order valence-corrected chi connectivity index (χ4v) is 1.98. The lowest BCUT2D eigenvalue weighted by Gasteiger charge is -2.12. The molecule has 0 radical (unpaired) electrons. The largest absolute Gasteiger partial charge is 0.435 e. The summed E-state index contributed by atoms with van der Waals surface area (Å²) in [5.41, 5.74) is 5.40. The van der Waals surface area contributed by atoms with Gasteiger partial charge in [0.1, 0.15) is 5.82 Å². The van der Waals surface area contributed by atoms with Crippen molar-refractivity contribution >= 4 is 24.0 Å². The highest BCUT2D eigenvalue weighted by atomic mass is 35.5. The van der Waals surface area contributed by atoms with E-state index < -0.39 is 23.7 Å². The Labute approximate surface area is 129 Å². The quantitative estimate of drug-likeness (QED) is 0.845. The van der Waals surface area contributed by atoms with E-state index in [1.165, 1.54) is 19.2 Å². The van der Waals surface area contributed by atoms with E-state index in [9.17, 15) is 17.6 Å². The first-order valence-corrected chi connectivity index (χ1v) is 5.89. The summed E-state index contributed by atoms with van der Waals surface area (Å²) in [6.07, 6.45) is -4.55. The Hall–Kier alpha value is -1.31. The molecule has 1 aromatic carbocycles. The number of halogens is 6. The van der Waals surface area contributed by atoms with Crippen molar-refractivity contribution in [3.8, 4) is 0 Å². The highest BCUT2D eigenvalue weighted by Gasteiger charge is 2.35. The molecule has 0 fully saturated rings. The van der Waals surface area contributed by atoms with Gasteiger partial charge in [-0.2, -0.15) is 18.3 Å². The van der Waals surface area contributed by atoms with Crippen LogP contribution in [0.3, 0.4) is 0 Å². The van der Waals surface area contributed by atoms with Crippen LogP contribution < -0.4 is 5.73 Å². The van der Waals surface area contributed by atoms with E-state index in [1.54, 1.807) is 0 Å². The minimum Gasteiger partial charge on any atom is -0.319 e. The lowest BCUT2D eigenvalue weighted by molar-refractivity contribution is -0.141. The normalized spacial score (nSPS) is 12.9. The van der Waals surface area contributed by atoms with E-state index in [4.69, 9.17) is 17.3 Å². The third-order valence-corrected chi connectivity index (χ3v) is 3.12. The molecule has 1 unspecified atom stereocenters. The number of nitrogens with zero attached hydrogens (tertiary/aromatic N) is 2. The van der Waals surface area contributed by atoms with Gasteiger partial charge in [0.15, 0.2) is 5.69 Å². The first-order valence-electron chi connectivity index (χ1n) is 5.52. The molecule has 2 N–H and O–H groups in total. The number of benzene rings is 1. The fraction of sp³-hybridized carbons (Fsp3) is 0.250. The van der Waals surface area contributed by atoms with Gasteiger partial charge in [0.05, 0.1) is 16.8 Å². The molecular formula is C12H11Cl2F4N3. The Morgan fingerprint density at radius 3 is 2.38 bits per heavy atom. The molecule has 1 atom stereocenters. The predicted octanol–water partition coefficient (Wildman–Crippen LogP) is 3.70. The number of nitrogens with two attached hydrogens (primary N) is 1. The van der Waals surface area contributed by atoms with Gasteiger partial charge >= 0.3 is 6.18 Å². The van der Waals surface area contributed by atoms with E-state index in [1.807, 2.05) is 0 Å². The molecule has 21 heavy (non-hydrogen) atoms. The summed E-state index contributed by atoms with van der Waals surface area (Å²) < 4.78 is 51.8. The second kappa shape index (κ2) is 6.21. The summed E-state index contributed by atoms with van der Waals surface area (Å²) in [4.78, 5) is 0. The number of hydrogen-bond donors (Lipinski definition) is 1. The zero-order chi connectivity index (χ0) is 15.1. The standard InChI is InChI=1S/C12H10ClF4N3.ClH/c1-20-9(5-10(19-20)12(15,16)17)11(18)6-2-3-8(14)7(13)4-6;/h2-5,11H,18H2,1H3;1H. The van der Waals surface area contributed by atoms with Crippen molar-refractivity contribution in [2.75, 3.05) is 0 Å². The first-order chi connectivity index (χ1) is 9.20. The van der Waals surface area contributed by atoms with Gasteiger partial charge < -0.3 is 5.73 Å². The van der Waals surface area contributed by atoms with Crippen molar-refractivity contribution in [1.82, 2.24) is 9.78 Å². The molecule has 2 aromatic rings. The molecule has 116 valence electrons. The van der Waals surface area contributed by atoms with Crippen molar-refractivity contribution in [3.05, 3.63) is 52.1 Å². The second-order valence-electron chi connectivity index (χ2n) is 4.23. The highest BCUT2D eigenvalue weighted by molar-refractivity contribution is 6.30. The minimum atomic E-state index is -4.55. The molecule has 0 bridgehead atoms. The summed E-state index contributed by atoms with van der Waals surface area (Å²) in [6, 6.07) is 3.73. The molecule has 3 nitrogen and oxygen atoms in total. The maximum absolute atomic E-state index is 13.1. The maximum Gasteiger partial charge on any atom is 0.435 e. The molecule has 0 aliphatic carbocycles. The Morgan fingerprint density at radius 2 is 1.90 bits per heavy atom. The van der Waals surface area contributed by atoms with Crippen LogP contribution in [-0.4, -0.2) is 9.78 Å². The smallest absolute Gasteiger partial charge is 0.319 e. The molecule has 1 heterocycles. The van der Waals surface area contributed by atoms with Gasteiger partial charge in [0.25, 0.3) is 0 Å². The Balaban J connectivity index is 0.00000220. The van der Waals surface area contributed by atoms with Gasteiger partial charge in [0.2, 0.25) is 0 Å². The SMILES string of the molecule is Cl.Cn1nc(C(F)(F)F)cc1C(N)c1ccc(F)c(Cl)c1. The Bertz CT molecular complexity index is 640. The monoisotopic (exact) mass is 343 g/mol. The van der Waals surface area contributed by atoms with Gasteiger partial charge in [-0.05, 0) is 23.8 Å². The Morgan fingerprint density at radius 1 is 1.29 bits per heavy atom. The average Bonchev–Trinajstić information content (AvgIpc) is 2.74. The summed E-state index contributed by atoms with van der Waals surface area (Å²) in [6.45, 7) is 0. The molecule has 9 heteroatoms. The fourth-order valence-electron chi connectivity index (χ4n) is 1.79. The number of aryl methyl sites for hydroxylation is 1. The number of rotatable bonds is 2. The van der Waals surface area contributed by atoms with E-state index in [2.05, 4.69) is 5.10 Å². The molecule has 0 spiro atoms. The number of alkyl halides is 3. The zero-order valence-electron chi connectivity index (χ0n) is 10.7. The van der Waals surface area contributed by atoms with Crippen LogP contribution in [0.1, 0.15) is 23.0 Å². The van der Waals surface area contributed by atoms with Crippen molar-refractivity contribution < 1.29 is 17.6 Å². The summed E-state index contributed by atoms with van der Waals surface area (Å²) in [5.74, 6) is -0.622. The molecule has 0 amide bonds. The average molecular weight is 344 g/mol. The van der Waals surface area contributed by atoms with Crippen molar-refractivity contribution in [3.63, 3.8) is 0 Å². The molecule has 2 rings (SSSR count). The van der Waals surface area contributed by atoms with E-state index in [0.29, 0.717) is 5.56 Å². The maximum atomic E-state index is 13.1. The van der Waals surface area contributed by atoms with Gasteiger partial charge in [-0.25, -0.2) is 4.39 Å². The molecule has 1 aromatic heterocycles. The number of hydrogen-bond acceptors (Lipinski definition) is 2. The zero-order valence-corrected chi connectivity index (χ0v) is 12.2. The predicted molar refractivity (Wildman–Crippen MR) is 72.9 cm³/mol. The van der Waals surface area contributed by atoms with Crippen LogP contribution in [-0.2, 0) is 13.2 Å². The van der Waals surface area contributed by atoms with Crippen molar-refractivity contribution in [2.24, 2.45) is 12.8 Å². The molecule has 0 saturated carbocycles. The molecule has 0 aliphatic rings. The second-order valence-corrected chi connectivity index (χ2v) is 4.63. The Kier molecular flexibility index (Phi) is 5.25. The van der Waals surface area contributed by atoms with Gasteiger partial charge in [0, 0.05) is 7.05 Å². The highest BCUT2D eigenvalue weighted by Crippen LogP contribution is 2.31. The molecule has 0 aliphatic heterocycles. The third kappa shape index (κ3) is 3.66. The lowest BCUT2D eigenvalue weighted by Crippen LogP contribution is -2.16. The molecule has 0 saturated heterocycles. The third-order valence-electron chi connectivity index (χ3n) is 2.83. The molecular weight excluding hydrogens is 333 g/mol. The van der Waals surface area contributed by atoms with E-state index in [-0.39, 0.29) is 23.1 Å².